The van der Waals surface area contributed by atoms with Crippen LogP contribution in [0.25, 0.3) is 5.82 Å². The standard InChI is InChI=1S/C25H25N5O/c1-18-15-19(2)30(28-18)24-14-13-21(16-26-24)25(31)27-22-11-7-8-12-23(22)29(3)17-20-9-5-4-6-10-20/h4-16H,17H2,1-3H3,(H,27,31). The molecule has 2 aromatic carbocycles. The molecule has 6 nitrogen and oxygen atoms in total. The molecule has 1 amide bonds. The predicted octanol–water partition coefficient (Wildman–Crippen LogP) is 4.77. The van der Waals surface area contributed by atoms with Gasteiger partial charge in [-0.05, 0) is 49.7 Å². The highest BCUT2D eigenvalue weighted by Crippen LogP contribution is 2.26. The van der Waals surface area contributed by atoms with Gasteiger partial charge in [0.1, 0.15) is 0 Å². The fourth-order valence-corrected chi connectivity index (χ4v) is 3.56. The van der Waals surface area contributed by atoms with Crippen molar-refractivity contribution >= 4 is 17.3 Å². The monoisotopic (exact) mass is 411 g/mol. The van der Waals surface area contributed by atoms with Crippen LogP contribution in [0.3, 0.4) is 0 Å². The maximum atomic E-state index is 12.9. The van der Waals surface area contributed by atoms with E-state index in [-0.39, 0.29) is 5.91 Å². The van der Waals surface area contributed by atoms with Gasteiger partial charge < -0.3 is 10.2 Å². The summed E-state index contributed by atoms with van der Waals surface area (Å²) in [7, 11) is 2.02. The minimum atomic E-state index is -0.201. The SMILES string of the molecule is Cc1cc(C)n(-c2ccc(C(=O)Nc3ccccc3N(C)Cc3ccccc3)cn2)n1. The lowest BCUT2D eigenvalue weighted by Gasteiger charge is -2.23. The molecule has 156 valence electrons. The summed E-state index contributed by atoms with van der Waals surface area (Å²) >= 11 is 0. The average molecular weight is 412 g/mol. The van der Waals surface area contributed by atoms with Crippen LogP contribution in [0.2, 0.25) is 0 Å². The van der Waals surface area contributed by atoms with E-state index in [2.05, 4.69) is 32.4 Å². The van der Waals surface area contributed by atoms with Crippen LogP contribution >= 0.6 is 0 Å². The Morgan fingerprint density at radius 3 is 2.42 bits per heavy atom. The van der Waals surface area contributed by atoms with E-state index >= 15 is 0 Å². The Balaban J connectivity index is 1.50. The Labute approximate surface area is 182 Å². The van der Waals surface area contributed by atoms with Crippen molar-refractivity contribution in [3.05, 3.63) is 102 Å². The Morgan fingerprint density at radius 1 is 1.00 bits per heavy atom. The van der Waals surface area contributed by atoms with Crippen molar-refractivity contribution in [2.75, 3.05) is 17.3 Å². The van der Waals surface area contributed by atoms with E-state index in [1.165, 1.54) is 5.56 Å². The normalized spacial score (nSPS) is 10.7. The molecule has 0 saturated heterocycles. The summed E-state index contributed by atoms with van der Waals surface area (Å²) < 4.78 is 1.77. The first-order valence-corrected chi connectivity index (χ1v) is 10.2. The van der Waals surface area contributed by atoms with Gasteiger partial charge in [-0.25, -0.2) is 9.67 Å². The van der Waals surface area contributed by atoms with Crippen molar-refractivity contribution in [1.82, 2.24) is 14.8 Å². The van der Waals surface area contributed by atoms with Gasteiger partial charge in [-0.2, -0.15) is 5.10 Å². The Bertz CT molecular complexity index is 1180. The summed E-state index contributed by atoms with van der Waals surface area (Å²) in [5.41, 5.74) is 5.33. The van der Waals surface area contributed by atoms with Crippen LogP contribution in [0, 0.1) is 13.8 Å². The molecule has 0 radical (unpaired) electrons. The number of aromatic nitrogens is 3. The molecule has 0 aliphatic carbocycles. The van der Waals surface area contributed by atoms with Crippen LogP contribution in [-0.4, -0.2) is 27.7 Å². The van der Waals surface area contributed by atoms with E-state index in [9.17, 15) is 4.79 Å². The number of aryl methyl sites for hydroxylation is 2. The molecule has 0 bridgehead atoms. The maximum Gasteiger partial charge on any atom is 0.257 e. The van der Waals surface area contributed by atoms with E-state index in [4.69, 9.17) is 0 Å². The summed E-state index contributed by atoms with van der Waals surface area (Å²) in [5.74, 6) is 0.484. The lowest BCUT2D eigenvalue weighted by atomic mass is 10.2. The lowest BCUT2D eigenvalue weighted by molar-refractivity contribution is 0.102. The van der Waals surface area contributed by atoms with Gasteiger partial charge in [0.05, 0.1) is 22.6 Å². The predicted molar refractivity (Wildman–Crippen MR) is 124 cm³/mol. The minimum Gasteiger partial charge on any atom is -0.369 e. The highest BCUT2D eigenvalue weighted by atomic mass is 16.1. The van der Waals surface area contributed by atoms with Crippen LogP contribution in [0.1, 0.15) is 27.3 Å². The van der Waals surface area contributed by atoms with Crippen LogP contribution in [-0.2, 0) is 6.54 Å². The molecule has 0 aliphatic heterocycles. The van der Waals surface area contributed by atoms with Gasteiger partial charge in [-0.1, -0.05) is 42.5 Å². The van der Waals surface area contributed by atoms with Crippen molar-refractivity contribution in [1.29, 1.82) is 0 Å². The average Bonchev–Trinajstić information content (AvgIpc) is 3.12. The van der Waals surface area contributed by atoms with Crippen molar-refractivity contribution < 1.29 is 4.79 Å². The largest absolute Gasteiger partial charge is 0.369 e. The first-order chi connectivity index (χ1) is 15.0. The number of pyridine rings is 1. The Morgan fingerprint density at radius 2 is 1.74 bits per heavy atom. The summed E-state index contributed by atoms with van der Waals surface area (Å²) in [6.07, 6.45) is 1.58. The summed E-state index contributed by atoms with van der Waals surface area (Å²) in [4.78, 5) is 19.4. The maximum absolute atomic E-state index is 12.9. The molecule has 0 saturated carbocycles. The first-order valence-electron chi connectivity index (χ1n) is 10.2. The fraction of sp³-hybridized carbons (Fsp3) is 0.160. The van der Waals surface area contributed by atoms with E-state index in [0.717, 1.165) is 29.3 Å². The third-order valence-corrected chi connectivity index (χ3v) is 5.06. The van der Waals surface area contributed by atoms with Crippen LogP contribution < -0.4 is 10.2 Å². The summed E-state index contributed by atoms with van der Waals surface area (Å²) in [6, 6.07) is 23.6. The molecule has 4 aromatic rings. The molecule has 0 aliphatic rings. The van der Waals surface area contributed by atoms with Gasteiger partial charge in [0.25, 0.3) is 5.91 Å². The molecule has 0 fully saturated rings. The van der Waals surface area contributed by atoms with E-state index in [1.54, 1.807) is 16.9 Å². The number of amides is 1. The Hall–Kier alpha value is -3.93. The molecular formula is C25H25N5O. The third kappa shape index (κ3) is 4.64. The van der Waals surface area contributed by atoms with Gasteiger partial charge in [-0.3, -0.25) is 4.79 Å². The molecule has 2 aromatic heterocycles. The topological polar surface area (TPSA) is 63.1 Å². The highest BCUT2D eigenvalue weighted by Gasteiger charge is 2.13. The number of para-hydroxylation sites is 2. The minimum absolute atomic E-state index is 0.201. The zero-order valence-corrected chi connectivity index (χ0v) is 17.9. The molecular weight excluding hydrogens is 386 g/mol. The second-order valence-corrected chi connectivity index (χ2v) is 7.56. The van der Waals surface area contributed by atoms with Gasteiger partial charge >= 0.3 is 0 Å². The van der Waals surface area contributed by atoms with Gasteiger partial charge in [0.2, 0.25) is 0 Å². The molecule has 1 N–H and O–H groups in total. The van der Waals surface area contributed by atoms with E-state index < -0.39 is 0 Å². The van der Waals surface area contributed by atoms with Crippen LogP contribution in [0.5, 0.6) is 0 Å². The van der Waals surface area contributed by atoms with Crippen molar-refractivity contribution in [3.8, 4) is 5.82 Å². The molecule has 2 heterocycles. The Kier molecular flexibility index (Phi) is 5.80. The van der Waals surface area contributed by atoms with E-state index in [0.29, 0.717) is 11.4 Å². The molecule has 0 spiro atoms. The summed E-state index contributed by atoms with van der Waals surface area (Å²) in [5, 5.41) is 7.46. The fourth-order valence-electron chi connectivity index (χ4n) is 3.56. The number of benzene rings is 2. The van der Waals surface area contributed by atoms with Crippen LogP contribution in [0.4, 0.5) is 11.4 Å². The number of nitrogens with zero attached hydrogens (tertiary/aromatic N) is 4. The number of hydrogen-bond donors (Lipinski definition) is 1. The van der Waals surface area contributed by atoms with E-state index in [1.807, 2.05) is 75.5 Å². The number of rotatable bonds is 6. The molecule has 6 heteroatoms. The number of hydrogen-bond acceptors (Lipinski definition) is 4. The zero-order chi connectivity index (χ0) is 21.8. The lowest BCUT2D eigenvalue weighted by Crippen LogP contribution is -2.20. The molecule has 0 atom stereocenters. The highest BCUT2D eigenvalue weighted by molar-refractivity contribution is 6.05. The molecule has 4 rings (SSSR count). The molecule has 31 heavy (non-hydrogen) atoms. The van der Waals surface area contributed by atoms with Gasteiger partial charge in [0, 0.05) is 25.5 Å². The smallest absolute Gasteiger partial charge is 0.257 e. The second kappa shape index (κ2) is 8.83. The van der Waals surface area contributed by atoms with Gasteiger partial charge in [0.15, 0.2) is 5.82 Å². The quantitative estimate of drug-likeness (QED) is 0.496. The third-order valence-electron chi connectivity index (χ3n) is 5.06. The first kappa shape index (κ1) is 20.3. The zero-order valence-electron chi connectivity index (χ0n) is 17.9. The second-order valence-electron chi connectivity index (χ2n) is 7.56. The number of carbonyl (C=O) groups excluding carboxylic acids is 1. The molecule has 0 unspecified atom stereocenters. The number of nitrogens with one attached hydrogen (secondary N) is 1. The number of carbonyl (C=O) groups is 1. The summed E-state index contributed by atoms with van der Waals surface area (Å²) in [6.45, 7) is 4.66. The van der Waals surface area contributed by atoms with Crippen molar-refractivity contribution in [3.63, 3.8) is 0 Å². The van der Waals surface area contributed by atoms with Crippen molar-refractivity contribution in [2.24, 2.45) is 0 Å². The van der Waals surface area contributed by atoms with Crippen molar-refractivity contribution in [2.45, 2.75) is 20.4 Å². The van der Waals surface area contributed by atoms with Crippen LogP contribution in [0.15, 0.2) is 79.0 Å². The number of anilines is 2. The van der Waals surface area contributed by atoms with Gasteiger partial charge in [-0.15, -0.1) is 0 Å².